The number of rotatable bonds is 5. The van der Waals surface area contributed by atoms with Gasteiger partial charge in [0.05, 0.1) is 17.9 Å². The summed E-state index contributed by atoms with van der Waals surface area (Å²) in [5, 5.41) is 1.02. The summed E-state index contributed by atoms with van der Waals surface area (Å²) in [4.78, 5) is 17.2. The van der Waals surface area contributed by atoms with Crippen molar-refractivity contribution in [2.24, 2.45) is 7.05 Å². The van der Waals surface area contributed by atoms with Crippen LogP contribution in [0.1, 0.15) is 20.3 Å². The van der Waals surface area contributed by atoms with E-state index in [9.17, 15) is 4.79 Å². The smallest absolute Gasteiger partial charge is 0.277 e. The highest BCUT2D eigenvalue weighted by atomic mass is 16.5. The minimum absolute atomic E-state index is 0.00764. The first kappa shape index (κ1) is 14.8. The van der Waals surface area contributed by atoms with Crippen LogP contribution >= 0.6 is 0 Å². The van der Waals surface area contributed by atoms with E-state index in [4.69, 9.17) is 4.74 Å². The van der Waals surface area contributed by atoms with Crippen molar-refractivity contribution in [3.8, 4) is 0 Å². The molecule has 5 nitrogen and oxygen atoms in total. The Kier molecular flexibility index (Phi) is 3.98. The maximum absolute atomic E-state index is 12.7. The van der Waals surface area contributed by atoms with Gasteiger partial charge in [-0.3, -0.25) is 9.36 Å². The van der Waals surface area contributed by atoms with E-state index in [-0.39, 0.29) is 11.7 Å². The van der Waals surface area contributed by atoms with Crippen molar-refractivity contribution >= 4 is 21.9 Å². The predicted molar refractivity (Wildman–Crippen MR) is 88.2 cm³/mol. The van der Waals surface area contributed by atoms with Gasteiger partial charge in [0.1, 0.15) is 11.0 Å². The zero-order chi connectivity index (χ0) is 15.7. The SMILES string of the molecule is CC(C)OCCCn1cnc2c3ccccc3n(C)c2c1=O. The lowest BCUT2D eigenvalue weighted by Crippen LogP contribution is -2.23. The maximum atomic E-state index is 12.7. The molecular formula is C17H21N3O2. The van der Waals surface area contributed by atoms with Crippen LogP contribution in [0.25, 0.3) is 21.9 Å². The van der Waals surface area contributed by atoms with Crippen molar-refractivity contribution in [2.45, 2.75) is 32.9 Å². The number of hydrogen-bond donors (Lipinski definition) is 0. The Labute approximate surface area is 129 Å². The van der Waals surface area contributed by atoms with Crippen molar-refractivity contribution in [3.63, 3.8) is 0 Å². The predicted octanol–water partition coefficient (Wildman–Crippen LogP) is 2.70. The Morgan fingerprint density at radius 3 is 2.82 bits per heavy atom. The van der Waals surface area contributed by atoms with Gasteiger partial charge in [-0.25, -0.2) is 4.98 Å². The molecule has 2 heterocycles. The van der Waals surface area contributed by atoms with Crippen LogP contribution in [0.2, 0.25) is 0 Å². The number of hydrogen-bond acceptors (Lipinski definition) is 3. The second kappa shape index (κ2) is 5.93. The van der Waals surface area contributed by atoms with Gasteiger partial charge in [-0.05, 0) is 26.3 Å². The molecular weight excluding hydrogens is 278 g/mol. The van der Waals surface area contributed by atoms with Crippen LogP contribution < -0.4 is 5.56 Å². The van der Waals surface area contributed by atoms with Crippen molar-refractivity contribution in [1.29, 1.82) is 0 Å². The van der Waals surface area contributed by atoms with E-state index in [0.29, 0.717) is 18.7 Å². The Balaban J connectivity index is 1.97. The normalized spacial score (nSPS) is 11.8. The number of aryl methyl sites for hydroxylation is 2. The first-order valence-electron chi connectivity index (χ1n) is 7.63. The van der Waals surface area contributed by atoms with E-state index in [1.807, 2.05) is 49.7 Å². The molecule has 0 aliphatic carbocycles. The third kappa shape index (κ3) is 2.52. The summed E-state index contributed by atoms with van der Waals surface area (Å²) in [6.45, 7) is 5.29. The van der Waals surface area contributed by atoms with Crippen LogP contribution in [-0.4, -0.2) is 26.8 Å². The number of nitrogens with zero attached hydrogens (tertiary/aromatic N) is 3. The van der Waals surface area contributed by atoms with E-state index in [2.05, 4.69) is 4.98 Å². The zero-order valence-electron chi connectivity index (χ0n) is 13.2. The van der Waals surface area contributed by atoms with E-state index < -0.39 is 0 Å². The van der Waals surface area contributed by atoms with Gasteiger partial charge in [0.25, 0.3) is 5.56 Å². The van der Waals surface area contributed by atoms with E-state index in [1.165, 1.54) is 0 Å². The van der Waals surface area contributed by atoms with E-state index in [1.54, 1.807) is 10.9 Å². The Hall–Kier alpha value is -2.14. The van der Waals surface area contributed by atoms with Crippen molar-refractivity contribution in [1.82, 2.24) is 14.1 Å². The molecule has 5 heteroatoms. The summed E-state index contributed by atoms with van der Waals surface area (Å²) in [6.07, 6.45) is 2.66. The van der Waals surface area contributed by atoms with Crippen LogP contribution in [0.5, 0.6) is 0 Å². The van der Waals surface area contributed by atoms with Gasteiger partial charge in [-0.1, -0.05) is 18.2 Å². The van der Waals surface area contributed by atoms with Crippen molar-refractivity contribution < 1.29 is 4.74 Å². The molecule has 0 atom stereocenters. The Morgan fingerprint density at radius 2 is 2.05 bits per heavy atom. The summed E-state index contributed by atoms with van der Waals surface area (Å²) in [7, 11) is 1.92. The fraction of sp³-hybridized carbons (Fsp3) is 0.412. The molecule has 1 aromatic carbocycles. The van der Waals surface area contributed by atoms with E-state index in [0.717, 1.165) is 22.8 Å². The van der Waals surface area contributed by atoms with E-state index >= 15 is 0 Å². The number of aromatic nitrogens is 3. The van der Waals surface area contributed by atoms with Crippen LogP contribution in [0.15, 0.2) is 35.4 Å². The molecule has 0 amide bonds. The molecule has 0 N–H and O–H groups in total. The first-order chi connectivity index (χ1) is 10.6. The molecule has 116 valence electrons. The van der Waals surface area contributed by atoms with Gasteiger partial charge in [0.15, 0.2) is 0 Å². The summed E-state index contributed by atoms with van der Waals surface area (Å²) >= 11 is 0. The van der Waals surface area contributed by atoms with Crippen LogP contribution in [0, 0.1) is 0 Å². The lowest BCUT2D eigenvalue weighted by molar-refractivity contribution is 0.0747. The molecule has 0 aliphatic heterocycles. The Morgan fingerprint density at radius 1 is 1.27 bits per heavy atom. The number of para-hydroxylation sites is 1. The van der Waals surface area contributed by atoms with Crippen molar-refractivity contribution in [2.75, 3.05) is 6.61 Å². The largest absolute Gasteiger partial charge is 0.379 e. The zero-order valence-corrected chi connectivity index (χ0v) is 13.2. The molecule has 3 rings (SSSR count). The molecule has 0 spiro atoms. The van der Waals surface area contributed by atoms with Gasteiger partial charge in [-0.2, -0.15) is 0 Å². The standard InChI is InChI=1S/C17H21N3O2/c1-12(2)22-10-6-9-20-11-18-15-13-7-4-5-8-14(13)19(3)16(15)17(20)21/h4-5,7-8,11-12H,6,9-10H2,1-3H3. The molecule has 0 aliphatic rings. The van der Waals surface area contributed by atoms with Crippen LogP contribution in [0.4, 0.5) is 0 Å². The monoisotopic (exact) mass is 299 g/mol. The minimum atomic E-state index is 0.00764. The van der Waals surface area contributed by atoms with Gasteiger partial charge in [0, 0.05) is 25.6 Å². The van der Waals surface area contributed by atoms with Gasteiger partial charge < -0.3 is 9.30 Å². The second-order valence-corrected chi connectivity index (χ2v) is 5.79. The average Bonchev–Trinajstić information content (AvgIpc) is 2.80. The van der Waals surface area contributed by atoms with Gasteiger partial charge >= 0.3 is 0 Å². The van der Waals surface area contributed by atoms with Crippen molar-refractivity contribution in [3.05, 3.63) is 40.9 Å². The third-order valence-electron chi connectivity index (χ3n) is 3.86. The summed E-state index contributed by atoms with van der Waals surface area (Å²) in [5.74, 6) is 0. The molecule has 2 aromatic heterocycles. The van der Waals surface area contributed by atoms with Gasteiger partial charge in [0.2, 0.25) is 0 Å². The second-order valence-electron chi connectivity index (χ2n) is 5.79. The quantitative estimate of drug-likeness (QED) is 0.681. The lowest BCUT2D eigenvalue weighted by Gasteiger charge is -2.08. The maximum Gasteiger partial charge on any atom is 0.277 e. The number of benzene rings is 1. The lowest BCUT2D eigenvalue weighted by atomic mass is 10.2. The number of ether oxygens (including phenoxy) is 1. The molecule has 0 saturated carbocycles. The summed E-state index contributed by atoms with van der Waals surface area (Å²) < 4.78 is 9.12. The van der Waals surface area contributed by atoms with Gasteiger partial charge in [-0.15, -0.1) is 0 Å². The average molecular weight is 299 g/mol. The molecule has 0 fully saturated rings. The van der Waals surface area contributed by atoms with Crippen LogP contribution in [0.3, 0.4) is 0 Å². The highest BCUT2D eigenvalue weighted by molar-refractivity contribution is 6.05. The molecule has 3 aromatic rings. The summed E-state index contributed by atoms with van der Waals surface area (Å²) in [6, 6.07) is 7.96. The minimum Gasteiger partial charge on any atom is -0.379 e. The number of fused-ring (bicyclic) bond motifs is 3. The Bertz CT molecular complexity index is 861. The molecule has 0 unspecified atom stereocenters. The third-order valence-corrected chi connectivity index (χ3v) is 3.86. The molecule has 22 heavy (non-hydrogen) atoms. The fourth-order valence-corrected chi connectivity index (χ4v) is 2.78. The molecule has 0 bridgehead atoms. The highest BCUT2D eigenvalue weighted by Gasteiger charge is 2.13. The molecule has 0 radical (unpaired) electrons. The molecule has 0 saturated heterocycles. The summed E-state index contributed by atoms with van der Waals surface area (Å²) in [5.41, 5.74) is 2.47. The van der Waals surface area contributed by atoms with Crippen LogP contribution in [-0.2, 0) is 18.3 Å². The highest BCUT2D eigenvalue weighted by Crippen LogP contribution is 2.23. The topological polar surface area (TPSA) is 49.0 Å². The fourth-order valence-electron chi connectivity index (χ4n) is 2.78. The first-order valence-corrected chi connectivity index (χ1v) is 7.63.